The molecule has 0 atom stereocenters. The predicted molar refractivity (Wildman–Crippen MR) is 67.3 cm³/mol. The van der Waals surface area contributed by atoms with Gasteiger partial charge in [-0.2, -0.15) is 0 Å². The summed E-state index contributed by atoms with van der Waals surface area (Å²) < 4.78 is 13.5. The van der Waals surface area contributed by atoms with Crippen molar-refractivity contribution in [2.45, 2.75) is 27.2 Å². The van der Waals surface area contributed by atoms with Gasteiger partial charge in [0.2, 0.25) is 0 Å². The van der Waals surface area contributed by atoms with Gasteiger partial charge >= 0.3 is 23.9 Å². The molecule has 0 spiro atoms. The van der Waals surface area contributed by atoms with E-state index in [2.05, 4.69) is 14.2 Å². The van der Waals surface area contributed by atoms with Crippen molar-refractivity contribution >= 4 is 23.9 Å². The van der Waals surface area contributed by atoms with Crippen molar-refractivity contribution in [1.82, 2.24) is 0 Å². The lowest BCUT2D eigenvalue weighted by Gasteiger charge is -2.15. The molecule has 0 fully saturated rings. The third-order valence-corrected chi connectivity index (χ3v) is 1.93. The normalized spacial score (nSPS) is 11.0. The number of carbonyl (C=O) groups excluding carboxylic acids is 4. The quantitative estimate of drug-likeness (QED) is 0.318. The molecule has 0 unspecified atom stereocenters. The number of hydrogen-bond donors (Lipinski definition) is 0. The summed E-state index contributed by atoms with van der Waals surface area (Å²) in [6.45, 7) is 4.58. The minimum absolute atomic E-state index is 0.249. The third kappa shape index (κ3) is 8.02. The molecule has 0 heterocycles. The molecule has 0 saturated carbocycles. The number of carbonyl (C=O) groups is 4. The fourth-order valence-corrected chi connectivity index (χ4v) is 0.795. The topological polar surface area (TPSA) is 96.0 Å². The van der Waals surface area contributed by atoms with Crippen molar-refractivity contribution in [2.75, 3.05) is 13.7 Å². The van der Waals surface area contributed by atoms with Gasteiger partial charge in [-0.15, -0.1) is 0 Å². The van der Waals surface area contributed by atoms with Crippen LogP contribution in [-0.2, 0) is 33.4 Å². The Labute approximate surface area is 116 Å². The van der Waals surface area contributed by atoms with Crippen molar-refractivity contribution in [2.24, 2.45) is 5.41 Å². The fraction of sp³-hybridized carbons (Fsp3) is 0.538. The lowest BCUT2D eigenvalue weighted by molar-refractivity contribution is -0.166. The molecule has 0 N–H and O–H groups in total. The average molecular weight is 286 g/mol. The Morgan fingerprint density at radius 3 is 2.05 bits per heavy atom. The standard InChI is InChI=1S/C13H18O7/c1-13(2,3)12(17)20-11(16)7-8-19-10(15)6-5-9(14)18-4/h5-6H,7-8H2,1-4H3/b6-5+. The van der Waals surface area contributed by atoms with Crippen LogP contribution >= 0.6 is 0 Å². The van der Waals surface area contributed by atoms with E-state index in [-0.39, 0.29) is 13.0 Å². The Hall–Kier alpha value is -2.18. The van der Waals surface area contributed by atoms with E-state index in [0.29, 0.717) is 0 Å². The first-order valence-corrected chi connectivity index (χ1v) is 5.84. The summed E-state index contributed by atoms with van der Waals surface area (Å²) in [6.07, 6.45) is 1.51. The van der Waals surface area contributed by atoms with Gasteiger partial charge in [-0.05, 0) is 20.8 Å². The molecule has 0 aliphatic heterocycles. The van der Waals surface area contributed by atoms with Crippen LogP contribution in [0.25, 0.3) is 0 Å². The molecule has 0 amide bonds. The molecule has 7 nitrogen and oxygen atoms in total. The number of methoxy groups -OCH3 is 1. The van der Waals surface area contributed by atoms with Crippen LogP contribution in [0.3, 0.4) is 0 Å². The van der Waals surface area contributed by atoms with E-state index in [1.165, 1.54) is 7.11 Å². The molecule has 0 radical (unpaired) electrons. The molecule has 0 aromatic carbocycles. The van der Waals surface area contributed by atoms with Gasteiger partial charge in [0.1, 0.15) is 6.61 Å². The van der Waals surface area contributed by atoms with Crippen LogP contribution in [-0.4, -0.2) is 37.6 Å². The van der Waals surface area contributed by atoms with Gasteiger partial charge in [0, 0.05) is 12.2 Å². The SMILES string of the molecule is COC(=O)/C=C/C(=O)OCCC(=O)OC(=O)C(C)(C)C. The van der Waals surface area contributed by atoms with E-state index in [9.17, 15) is 19.2 Å². The second-order valence-electron chi connectivity index (χ2n) is 4.79. The molecule has 0 bridgehead atoms. The van der Waals surface area contributed by atoms with Crippen LogP contribution in [0.1, 0.15) is 27.2 Å². The monoisotopic (exact) mass is 286 g/mol. The van der Waals surface area contributed by atoms with E-state index in [4.69, 9.17) is 0 Å². The largest absolute Gasteiger partial charge is 0.466 e. The number of esters is 4. The van der Waals surface area contributed by atoms with Crippen LogP contribution in [0, 0.1) is 5.41 Å². The fourth-order valence-electron chi connectivity index (χ4n) is 0.795. The highest BCUT2D eigenvalue weighted by Crippen LogP contribution is 2.15. The smallest absolute Gasteiger partial charge is 0.331 e. The highest BCUT2D eigenvalue weighted by molar-refractivity contribution is 5.92. The summed E-state index contributed by atoms with van der Waals surface area (Å²) >= 11 is 0. The molecule has 0 aliphatic carbocycles. The first-order valence-electron chi connectivity index (χ1n) is 5.84. The highest BCUT2D eigenvalue weighted by atomic mass is 16.6. The van der Waals surface area contributed by atoms with Gasteiger partial charge < -0.3 is 14.2 Å². The van der Waals surface area contributed by atoms with Crippen molar-refractivity contribution in [3.05, 3.63) is 12.2 Å². The zero-order valence-corrected chi connectivity index (χ0v) is 11.9. The van der Waals surface area contributed by atoms with Crippen LogP contribution < -0.4 is 0 Å². The maximum Gasteiger partial charge on any atom is 0.331 e. The van der Waals surface area contributed by atoms with Gasteiger partial charge in [-0.1, -0.05) is 0 Å². The van der Waals surface area contributed by atoms with Gasteiger partial charge in [0.15, 0.2) is 0 Å². The zero-order valence-electron chi connectivity index (χ0n) is 11.9. The maximum absolute atomic E-state index is 11.4. The van der Waals surface area contributed by atoms with Gasteiger partial charge in [-0.3, -0.25) is 9.59 Å². The maximum atomic E-state index is 11.4. The molecule has 7 heteroatoms. The molecular weight excluding hydrogens is 268 g/mol. The summed E-state index contributed by atoms with van der Waals surface area (Å²) in [6, 6.07) is 0. The summed E-state index contributed by atoms with van der Waals surface area (Å²) in [5, 5.41) is 0. The minimum Gasteiger partial charge on any atom is -0.466 e. The lowest BCUT2D eigenvalue weighted by atomic mass is 9.97. The van der Waals surface area contributed by atoms with Crippen LogP contribution in [0.2, 0.25) is 0 Å². The Bertz CT molecular complexity index is 415. The molecule has 0 aromatic rings. The third-order valence-electron chi connectivity index (χ3n) is 1.93. The molecule has 0 aromatic heterocycles. The van der Waals surface area contributed by atoms with Crippen LogP contribution in [0.15, 0.2) is 12.2 Å². The van der Waals surface area contributed by atoms with E-state index < -0.39 is 29.3 Å². The van der Waals surface area contributed by atoms with Crippen LogP contribution in [0.4, 0.5) is 0 Å². The molecule has 0 rings (SSSR count). The number of ether oxygens (including phenoxy) is 3. The second kappa shape index (κ2) is 8.08. The van der Waals surface area contributed by atoms with Gasteiger partial charge in [0.05, 0.1) is 18.9 Å². The summed E-state index contributed by atoms with van der Waals surface area (Å²) in [7, 11) is 1.17. The molecule has 112 valence electrons. The molecule has 0 aliphatic rings. The average Bonchev–Trinajstić information content (AvgIpc) is 2.34. The van der Waals surface area contributed by atoms with Crippen molar-refractivity contribution in [3.63, 3.8) is 0 Å². The zero-order chi connectivity index (χ0) is 15.8. The summed E-state index contributed by atoms with van der Waals surface area (Å²) in [5.41, 5.74) is -0.782. The Morgan fingerprint density at radius 2 is 1.55 bits per heavy atom. The lowest BCUT2D eigenvalue weighted by Crippen LogP contribution is -2.26. The highest BCUT2D eigenvalue weighted by Gasteiger charge is 2.25. The number of hydrogen-bond acceptors (Lipinski definition) is 7. The van der Waals surface area contributed by atoms with Crippen molar-refractivity contribution < 1.29 is 33.4 Å². The molecule has 0 saturated heterocycles. The van der Waals surface area contributed by atoms with E-state index in [1.54, 1.807) is 20.8 Å². The van der Waals surface area contributed by atoms with E-state index >= 15 is 0 Å². The van der Waals surface area contributed by atoms with Crippen molar-refractivity contribution in [3.8, 4) is 0 Å². The summed E-state index contributed by atoms with van der Waals surface area (Å²) in [4.78, 5) is 44.4. The van der Waals surface area contributed by atoms with E-state index in [1.807, 2.05) is 0 Å². The Kier molecular flexibility index (Phi) is 7.20. The first kappa shape index (κ1) is 17.8. The van der Waals surface area contributed by atoms with E-state index in [0.717, 1.165) is 12.2 Å². The first-order chi connectivity index (χ1) is 9.16. The van der Waals surface area contributed by atoms with Gasteiger partial charge in [-0.25, -0.2) is 9.59 Å². The van der Waals surface area contributed by atoms with Crippen molar-refractivity contribution in [1.29, 1.82) is 0 Å². The van der Waals surface area contributed by atoms with Crippen LogP contribution in [0.5, 0.6) is 0 Å². The molecule has 20 heavy (non-hydrogen) atoms. The minimum atomic E-state index is -0.801. The second-order valence-corrected chi connectivity index (χ2v) is 4.79. The summed E-state index contributed by atoms with van der Waals surface area (Å²) in [5.74, 6) is -2.93. The number of rotatable bonds is 5. The Morgan fingerprint density at radius 1 is 1.00 bits per heavy atom. The predicted octanol–water partition coefficient (Wildman–Crippen LogP) is 0.765. The van der Waals surface area contributed by atoms with Gasteiger partial charge in [0.25, 0.3) is 0 Å². The molecular formula is C13H18O7. The Balaban J connectivity index is 3.99.